The molecule has 2 atom stereocenters. The predicted molar refractivity (Wildman–Crippen MR) is 206 cm³/mol. The number of carboxylic acid groups (broad SMARTS) is 1. The number of unbranched alkanes of at least 4 members (excludes halogenated alkanes) is 9. The molecular formula is C42H72NO7+. The summed E-state index contributed by atoms with van der Waals surface area (Å²) < 4.78 is 17.1. The number of nitrogens with zero attached hydrogens (tertiary/aromatic N) is 1. The average Bonchev–Trinajstić information content (AvgIpc) is 3.06. The lowest BCUT2D eigenvalue weighted by Crippen LogP contribution is -2.50. The molecule has 0 aliphatic carbocycles. The zero-order valence-electron chi connectivity index (χ0n) is 32.3. The molecule has 286 valence electrons. The lowest BCUT2D eigenvalue weighted by molar-refractivity contribution is -0.887. The Labute approximate surface area is 305 Å². The Morgan fingerprint density at radius 2 is 1.12 bits per heavy atom. The van der Waals surface area contributed by atoms with Crippen LogP contribution in [0.1, 0.15) is 136 Å². The van der Waals surface area contributed by atoms with Gasteiger partial charge in [0.05, 0.1) is 34.4 Å². The number of allylic oxidation sites excluding steroid dienone is 10. The van der Waals surface area contributed by atoms with E-state index < -0.39 is 18.1 Å². The Morgan fingerprint density at radius 1 is 0.620 bits per heavy atom. The Kier molecular flexibility index (Phi) is 31.2. The van der Waals surface area contributed by atoms with Crippen LogP contribution in [0.4, 0.5) is 0 Å². The second kappa shape index (κ2) is 33.2. The lowest BCUT2D eigenvalue weighted by Gasteiger charge is -2.31. The number of aliphatic carboxylic acids is 1. The van der Waals surface area contributed by atoms with E-state index in [2.05, 4.69) is 62.5 Å². The first-order valence-corrected chi connectivity index (χ1v) is 19.3. The molecule has 0 aromatic rings. The minimum atomic E-state index is -0.887. The van der Waals surface area contributed by atoms with Crippen LogP contribution in [0.5, 0.6) is 0 Å². The van der Waals surface area contributed by atoms with Gasteiger partial charge in [-0.25, -0.2) is 4.79 Å². The third-order valence-corrected chi connectivity index (χ3v) is 8.20. The first-order valence-electron chi connectivity index (χ1n) is 19.3. The zero-order chi connectivity index (χ0) is 37.1. The number of hydrogen-bond acceptors (Lipinski definition) is 6. The van der Waals surface area contributed by atoms with Crippen LogP contribution in [-0.4, -0.2) is 80.6 Å². The molecule has 0 spiro atoms. The van der Waals surface area contributed by atoms with Crippen LogP contribution in [0.2, 0.25) is 0 Å². The summed E-state index contributed by atoms with van der Waals surface area (Å²) in [7, 11) is 5.49. The summed E-state index contributed by atoms with van der Waals surface area (Å²) in [5.41, 5.74) is 0. The van der Waals surface area contributed by atoms with E-state index in [1.54, 1.807) is 0 Å². The van der Waals surface area contributed by atoms with E-state index >= 15 is 0 Å². The van der Waals surface area contributed by atoms with Crippen molar-refractivity contribution in [1.29, 1.82) is 0 Å². The first-order chi connectivity index (χ1) is 24.1. The molecule has 0 rings (SSSR count). The van der Waals surface area contributed by atoms with Crippen molar-refractivity contribution in [2.75, 3.05) is 41.0 Å². The third kappa shape index (κ3) is 31.0. The highest BCUT2D eigenvalue weighted by atomic mass is 16.6. The molecule has 0 aliphatic rings. The minimum absolute atomic E-state index is 0.0370. The van der Waals surface area contributed by atoms with E-state index in [1.165, 1.54) is 44.9 Å². The predicted octanol–water partition coefficient (Wildman–Crippen LogP) is 9.85. The number of carbonyl (C=O) groups is 3. The smallest absolute Gasteiger partial charge is 0.362 e. The standard InChI is InChI=1S/C42H71NO7/c1-6-8-10-12-14-16-18-19-20-21-22-23-25-26-28-30-32-40(44)49-37-38(36-48-35-34-39(42(46)47)43(3,4)5)50-41(45)33-31-29-27-24-17-15-13-11-9-7-2/h8,10,14,16,19-20,22-23,26,28,38-39H,6-7,9,11-13,15,17-18,21,24-25,27,29-37H2,1-5H3/p+1/b10-8+,16-14+,20-19+,23-22+,28-26+. The quantitative estimate of drug-likeness (QED) is 0.0315. The highest BCUT2D eigenvalue weighted by molar-refractivity contribution is 5.72. The Morgan fingerprint density at radius 3 is 1.62 bits per heavy atom. The molecule has 0 fully saturated rings. The van der Waals surface area contributed by atoms with Crippen molar-refractivity contribution in [2.45, 2.75) is 148 Å². The molecule has 2 unspecified atom stereocenters. The van der Waals surface area contributed by atoms with Crippen molar-refractivity contribution in [1.82, 2.24) is 0 Å². The topological polar surface area (TPSA) is 99.1 Å². The van der Waals surface area contributed by atoms with Gasteiger partial charge in [-0.3, -0.25) is 9.59 Å². The van der Waals surface area contributed by atoms with E-state index in [0.29, 0.717) is 19.3 Å². The van der Waals surface area contributed by atoms with Gasteiger partial charge in [-0.1, -0.05) is 132 Å². The molecule has 50 heavy (non-hydrogen) atoms. The van der Waals surface area contributed by atoms with Gasteiger partial charge in [-0.2, -0.15) is 0 Å². The van der Waals surface area contributed by atoms with Crippen LogP contribution in [0.3, 0.4) is 0 Å². The van der Waals surface area contributed by atoms with Crippen molar-refractivity contribution in [2.24, 2.45) is 0 Å². The van der Waals surface area contributed by atoms with Gasteiger partial charge in [0.1, 0.15) is 6.61 Å². The van der Waals surface area contributed by atoms with Crippen LogP contribution < -0.4 is 0 Å². The van der Waals surface area contributed by atoms with Gasteiger partial charge in [0.25, 0.3) is 0 Å². The third-order valence-electron chi connectivity index (χ3n) is 8.20. The minimum Gasteiger partial charge on any atom is -0.477 e. The van der Waals surface area contributed by atoms with Crippen molar-refractivity contribution < 1.29 is 38.2 Å². The molecular weight excluding hydrogens is 630 g/mol. The van der Waals surface area contributed by atoms with E-state index in [4.69, 9.17) is 14.2 Å². The normalized spacial score (nSPS) is 13.7. The Bertz CT molecular complexity index is 1010. The summed E-state index contributed by atoms with van der Waals surface area (Å²) in [5, 5.41) is 9.57. The fourth-order valence-corrected chi connectivity index (χ4v) is 5.20. The summed E-state index contributed by atoms with van der Waals surface area (Å²) >= 11 is 0. The van der Waals surface area contributed by atoms with E-state index in [1.807, 2.05) is 33.3 Å². The summed E-state index contributed by atoms with van der Waals surface area (Å²) in [6.45, 7) is 4.50. The molecule has 0 heterocycles. The number of esters is 2. The van der Waals surface area contributed by atoms with Gasteiger partial charge >= 0.3 is 17.9 Å². The second-order valence-electron chi connectivity index (χ2n) is 13.8. The zero-order valence-corrected chi connectivity index (χ0v) is 32.3. The van der Waals surface area contributed by atoms with Gasteiger partial charge in [0.15, 0.2) is 12.1 Å². The summed E-state index contributed by atoms with van der Waals surface area (Å²) in [6.07, 6.45) is 38.5. The summed E-state index contributed by atoms with van der Waals surface area (Å²) in [4.78, 5) is 36.7. The largest absolute Gasteiger partial charge is 0.477 e. The highest BCUT2D eigenvalue weighted by Crippen LogP contribution is 2.13. The fraction of sp³-hybridized carbons (Fsp3) is 0.690. The Balaban J connectivity index is 4.53. The van der Waals surface area contributed by atoms with Crippen LogP contribution >= 0.6 is 0 Å². The fourth-order valence-electron chi connectivity index (χ4n) is 5.20. The molecule has 0 aromatic heterocycles. The first kappa shape index (κ1) is 47.0. The van der Waals surface area contributed by atoms with E-state index in [9.17, 15) is 19.5 Å². The molecule has 8 heteroatoms. The van der Waals surface area contributed by atoms with E-state index in [0.717, 1.165) is 51.4 Å². The van der Waals surface area contributed by atoms with Gasteiger partial charge in [0, 0.05) is 19.3 Å². The van der Waals surface area contributed by atoms with Crippen molar-refractivity contribution in [3.8, 4) is 0 Å². The summed E-state index contributed by atoms with van der Waals surface area (Å²) in [5.74, 6) is -1.58. The number of quaternary nitrogens is 1. The van der Waals surface area contributed by atoms with Crippen LogP contribution in [0.25, 0.3) is 0 Å². The van der Waals surface area contributed by atoms with Crippen LogP contribution in [0.15, 0.2) is 60.8 Å². The molecule has 0 aromatic carbocycles. The highest BCUT2D eigenvalue weighted by Gasteiger charge is 2.31. The van der Waals surface area contributed by atoms with Gasteiger partial charge < -0.3 is 23.8 Å². The van der Waals surface area contributed by atoms with Gasteiger partial charge in [-0.05, 0) is 44.9 Å². The molecule has 1 N–H and O–H groups in total. The number of rotatable bonds is 33. The van der Waals surface area contributed by atoms with Gasteiger partial charge in [0.2, 0.25) is 0 Å². The maximum atomic E-state index is 12.6. The van der Waals surface area contributed by atoms with Gasteiger partial charge in [-0.15, -0.1) is 0 Å². The van der Waals surface area contributed by atoms with Crippen molar-refractivity contribution in [3.63, 3.8) is 0 Å². The SMILES string of the molecule is CC/C=C/C/C=C/C/C=C/C/C=C/C/C=C/CCC(=O)OCC(COCCC(C(=O)O)[N+](C)(C)C)OC(=O)CCCCCCCCCCCC. The van der Waals surface area contributed by atoms with Crippen LogP contribution in [-0.2, 0) is 28.6 Å². The maximum Gasteiger partial charge on any atom is 0.362 e. The number of carbonyl (C=O) groups excluding carboxylic acids is 2. The Hall–Kier alpha value is -2.97. The average molecular weight is 703 g/mol. The number of ether oxygens (including phenoxy) is 3. The monoisotopic (exact) mass is 703 g/mol. The molecule has 0 aliphatic heterocycles. The van der Waals surface area contributed by atoms with E-state index in [-0.39, 0.29) is 42.7 Å². The molecule has 0 saturated heterocycles. The number of carboxylic acids is 1. The maximum absolute atomic E-state index is 12.6. The lowest BCUT2D eigenvalue weighted by atomic mass is 10.1. The number of hydrogen-bond donors (Lipinski definition) is 1. The molecule has 8 nitrogen and oxygen atoms in total. The molecule has 0 saturated carbocycles. The summed E-state index contributed by atoms with van der Waals surface area (Å²) in [6, 6.07) is -0.624. The van der Waals surface area contributed by atoms with Crippen molar-refractivity contribution in [3.05, 3.63) is 60.8 Å². The molecule has 0 amide bonds. The molecule has 0 bridgehead atoms. The number of likely N-dealkylation sites (N-methyl/N-ethyl adjacent to an activating group) is 1. The van der Waals surface area contributed by atoms with Crippen LogP contribution in [0, 0.1) is 0 Å². The second-order valence-corrected chi connectivity index (χ2v) is 13.8. The molecule has 0 radical (unpaired) electrons. The van der Waals surface area contributed by atoms with Crippen molar-refractivity contribution >= 4 is 17.9 Å².